The maximum atomic E-state index is 11.8. The summed E-state index contributed by atoms with van der Waals surface area (Å²) in [7, 11) is 0. The van der Waals surface area contributed by atoms with Crippen molar-refractivity contribution in [3.63, 3.8) is 0 Å². The van der Waals surface area contributed by atoms with Gasteiger partial charge < -0.3 is 15.5 Å². The van der Waals surface area contributed by atoms with E-state index in [1.165, 1.54) is 64.2 Å². The summed E-state index contributed by atoms with van der Waals surface area (Å²) >= 11 is 1.65. The summed E-state index contributed by atoms with van der Waals surface area (Å²) < 4.78 is 2.53. The first-order chi connectivity index (χ1) is 16.4. The minimum Gasteiger partial charge on any atom is -0.353 e. The van der Waals surface area contributed by atoms with Gasteiger partial charge in [-0.05, 0) is 43.9 Å². The maximum Gasteiger partial charge on any atom is 0.220 e. The molecule has 1 unspecified atom stereocenters. The standard InChI is InChI=1S/C18H35NO.C4H9NO.2C3H7O.Ti/c1-4-7-12-18(13-8-5-2)14-9-11-16(15-18)19-17(20)10-6-3;1-2-3-4(5)6;2*1-3(2)4;/h16H,4-15H2,1-3H3,(H,19,20);2-3H2,1H3,(H2,5,6);2*3H,1-2H3;/q;;2*-1;+3/p-1. The second kappa shape index (κ2) is 26.6. The molecule has 1 atom stereocenters. The Morgan fingerprint density at radius 3 is 1.63 bits per heavy atom. The van der Waals surface area contributed by atoms with E-state index in [1.807, 2.05) is 6.92 Å². The van der Waals surface area contributed by atoms with Crippen molar-refractivity contribution in [1.29, 1.82) is 0 Å². The number of hydrogen-bond acceptors (Lipinski definition) is 4. The van der Waals surface area contributed by atoms with Crippen molar-refractivity contribution < 1.29 is 40.5 Å². The van der Waals surface area contributed by atoms with Crippen molar-refractivity contribution in [2.45, 2.75) is 164 Å². The van der Waals surface area contributed by atoms with Crippen LogP contribution in [0.2, 0.25) is 0 Å². The van der Waals surface area contributed by atoms with Gasteiger partial charge >= 0.3 is 55.0 Å². The van der Waals surface area contributed by atoms with Gasteiger partial charge in [0.1, 0.15) is 0 Å². The smallest absolute Gasteiger partial charge is 0.220 e. The Balaban J connectivity index is -0.000000557. The molecule has 0 aliphatic heterocycles. The Morgan fingerprint density at radius 2 is 1.29 bits per heavy atom. The van der Waals surface area contributed by atoms with Crippen molar-refractivity contribution >= 4 is 11.8 Å². The number of nitrogens with one attached hydrogen (secondary N) is 2. The molecule has 7 heteroatoms. The fourth-order valence-corrected chi connectivity index (χ4v) is 4.27. The summed E-state index contributed by atoms with van der Waals surface area (Å²) in [5, 5.41) is 22.3. The van der Waals surface area contributed by atoms with Gasteiger partial charge in [0, 0.05) is 12.5 Å². The van der Waals surface area contributed by atoms with Gasteiger partial charge in [0.15, 0.2) is 0 Å². The molecule has 1 fully saturated rings. The first kappa shape index (κ1) is 39.1. The van der Waals surface area contributed by atoms with Crippen LogP contribution >= 0.6 is 0 Å². The average molecular weight is 534 g/mol. The van der Waals surface area contributed by atoms with Gasteiger partial charge in [-0.3, -0.25) is 4.79 Å². The van der Waals surface area contributed by atoms with Crippen LogP contribution in [0.25, 0.3) is 0 Å². The Kier molecular flexibility index (Phi) is 29.7. The van der Waals surface area contributed by atoms with E-state index in [0.29, 0.717) is 24.3 Å². The molecule has 1 saturated carbocycles. The van der Waals surface area contributed by atoms with E-state index in [2.05, 4.69) is 29.9 Å². The van der Waals surface area contributed by atoms with E-state index in [-0.39, 0.29) is 11.8 Å². The van der Waals surface area contributed by atoms with Crippen LogP contribution in [0.1, 0.15) is 145 Å². The third-order valence-corrected chi connectivity index (χ3v) is 5.95. The number of rotatable bonds is 11. The van der Waals surface area contributed by atoms with Gasteiger partial charge in [0.25, 0.3) is 0 Å². The van der Waals surface area contributed by atoms with Crippen LogP contribution in [0.15, 0.2) is 0 Å². The molecule has 0 saturated heterocycles. The van der Waals surface area contributed by atoms with Gasteiger partial charge in [-0.15, -0.1) is 12.2 Å². The zero-order valence-corrected chi connectivity index (χ0v) is 25.8. The van der Waals surface area contributed by atoms with Crippen LogP contribution < -0.4 is 19.3 Å². The van der Waals surface area contributed by atoms with Gasteiger partial charge in [0.2, 0.25) is 5.91 Å². The minimum absolute atomic E-state index is 0.127. The van der Waals surface area contributed by atoms with Crippen molar-refractivity contribution in [2.75, 3.05) is 0 Å². The molecule has 6 nitrogen and oxygen atoms in total. The summed E-state index contributed by atoms with van der Waals surface area (Å²) in [5.41, 5.74) is 0.522. The molecule has 35 heavy (non-hydrogen) atoms. The number of unbranched alkanes of at least 4 members (excludes halogenated alkanes) is 2. The third-order valence-electron chi connectivity index (χ3n) is 5.52. The Labute approximate surface area is 229 Å². The minimum atomic E-state index is -0.417. The Morgan fingerprint density at radius 1 is 0.857 bits per heavy atom. The van der Waals surface area contributed by atoms with Crippen LogP contribution in [0, 0.1) is 5.41 Å². The molecule has 1 rings (SSSR count). The molecule has 2 amide bonds. The molecule has 0 aromatic rings. The van der Waals surface area contributed by atoms with Crippen molar-refractivity contribution in [2.24, 2.45) is 5.41 Å². The Bertz CT molecular complexity index is 468. The summed E-state index contributed by atoms with van der Waals surface area (Å²) in [4.78, 5) is 22.1. The van der Waals surface area contributed by atoms with Crippen LogP contribution in [-0.4, -0.2) is 30.1 Å². The van der Waals surface area contributed by atoms with E-state index in [4.69, 9.17) is 0 Å². The SMILES string of the molecule is CC(C)[O-].CC(C)[O-].CCCC(=O)[NH][Ti+2].CCCCC1(CCCC)CCCC(NC(=O)CCC)C1. The third kappa shape index (κ3) is 29.7. The fourth-order valence-electron chi connectivity index (χ4n) is 4.07. The van der Waals surface area contributed by atoms with Crippen molar-refractivity contribution in [3.05, 3.63) is 0 Å². The quantitative estimate of drug-likeness (QED) is 0.361. The van der Waals surface area contributed by atoms with Gasteiger partial charge in [-0.2, -0.15) is 0 Å². The molecule has 1 aliphatic rings. The zero-order valence-electron chi connectivity index (χ0n) is 24.3. The number of carbonyl (C=O) groups excluding carboxylic acids is 2. The molecule has 0 spiro atoms. The van der Waals surface area contributed by atoms with Crippen LogP contribution in [0.4, 0.5) is 0 Å². The molecule has 0 heterocycles. The summed E-state index contributed by atoms with van der Waals surface area (Å²) in [5.74, 6) is 0.391. The second-order valence-corrected chi connectivity index (χ2v) is 10.6. The van der Waals surface area contributed by atoms with Gasteiger partial charge in [0.05, 0.1) is 0 Å². The molecular formula is C28H57N2O4Ti. The molecular weight excluding hydrogens is 476 g/mol. The fraction of sp³-hybridized carbons (Fsp3) is 0.929. The van der Waals surface area contributed by atoms with Crippen molar-refractivity contribution in [1.82, 2.24) is 9.12 Å². The molecule has 0 radical (unpaired) electrons. The van der Waals surface area contributed by atoms with Crippen molar-refractivity contribution in [3.8, 4) is 0 Å². The predicted molar refractivity (Wildman–Crippen MR) is 140 cm³/mol. The van der Waals surface area contributed by atoms with Gasteiger partial charge in [-0.1, -0.05) is 80.6 Å². The number of amides is 2. The molecule has 207 valence electrons. The Hall–Kier alpha value is -0.426. The summed E-state index contributed by atoms with van der Waals surface area (Å²) in [6, 6.07) is 0.441. The van der Waals surface area contributed by atoms with Crippen LogP contribution in [-0.2, 0) is 30.3 Å². The van der Waals surface area contributed by atoms with Gasteiger partial charge in [-0.25, -0.2) is 0 Å². The molecule has 0 aromatic heterocycles. The molecule has 0 aromatic carbocycles. The predicted octanol–water partition coefficient (Wildman–Crippen LogP) is 5.09. The molecule has 1 aliphatic carbocycles. The van der Waals surface area contributed by atoms with E-state index in [9.17, 15) is 19.8 Å². The second-order valence-electron chi connectivity index (χ2n) is 10.2. The largest absolute Gasteiger partial charge is 0.353 e. The topological polar surface area (TPSA) is 104 Å². The number of hydrogen-bond donors (Lipinski definition) is 2. The van der Waals surface area contributed by atoms with E-state index >= 15 is 0 Å². The monoisotopic (exact) mass is 533 g/mol. The van der Waals surface area contributed by atoms with Crippen LogP contribution in [0.3, 0.4) is 0 Å². The van der Waals surface area contributed by atoms with E-state index in [0.717, 1.165) is 12.8 Å². The zero-order chi connectivity index (χ0) is 27.7. The normalized spacial score (nSPS) is 16.1. The molecule has 0 bridgehead atoms. The first-order valence-corrected chi connectivity index (χ1v) is 14.8. The maximum absolute atomic E-state index is 11.8. The van der Waals surface area contributed by atoms with Crippen LogP contribution in [0.5, 0.6) is 0 Å². The average Bonchev–Trinajstić information content (AvgIpc) is 2.76. The first-order valence-electron chi connectivity index (χ1n) is 14.0. The van der Waals surface area contributed by atoms with E-state index < -0.39 is 12.2 Å². The summed E-state index contributed by atoms with van der Waals surface area (Å²) in [6.07, 6.45) is 15.5. The number of carbonyl (C=O) groups is 2. The summed E-state index contributed by atoms with van der Waals surface area (Å²) in [6.45, 7) is 15.1. The van der Waals surface area contributed by atoms with E-state index in [1.54, 1.807) is 48.4 Å². The molecule has 2 N–H and O–H groups in total.